The van der Waals surface area contributed by atoms with E-state index in [1.54, 1.807) is 20.8 Å². The number of fused-ring (bicyclic) bond motifs is 3. The van der Waals surface area contributed by atoms with Gasteiger partial charge in [-0.15, -0.1) is 0 Å². The summed E-state index contributed by atoms with van der Waals surface area (Å²) in [5.74, 6) is -1.97. The third-order valence-electron chi connectivity index (χ3n) is 6.66. The van der Waals surface area contributed by atoms with E-state index in [1.165, 1.54) is 30.2 Å². The second kappa shape index (κ2) is 12.5. The number of amides is 3. The first-order chi connectivity index (χ1) is 19.9. The maximum Gasteiger partial charge on any atom is 0.410 e. The SMILES string of the molecule is COC(=O)N(C(CCNC(=O)OC(C)(C)C)C(=O)Nc1cc(Cl)ccc1C(=O)O)C1c2ccccc2-c2ccccc21. The Morgan fingerprint density at radius 1 is 0.976 bits per heavy atom. The van der Waals surface area contributed by atoms with Crippen molar-refractivity contribution in [1.82, 2.24) is 10.2 Å². The molecule has 0 saturated heterocycles. The molecular weight excluding hydrogens is 562 g/mol. The minimum Gasteiger partial charge on any atom is -0.478 e. The van der Waals surface area contributed by atoms with Crippen LogP contribution in [-0.4, -0.2) is 59.4 Å². The Balaban J connectivity index is 1.76. The van der Waals surface area contributed by atoms with Gasteiger partial charge in [0.15, 0.2) is 0 Å². The molecule has 3 N–H and O–H groups in total. The van der Waals surface area contributed by atoms with E-state index in [9.17, 15) is 24.3 Å². The van der Waals surface area contributed by atoms with Gasteiger partial charge in [0.2, 0.25) is 5.91 Å². The predicted molar refractivity (Wildman–Crippen MR) is 158 cm³/mol. The molecule has 42 heavy (non-hydrogen) atoms. The normalized spacial score (nSPS) is 12.9. The van der Waals surface area contributed by atoms with Gasteiger partial charge in [-0.05, 0) is 67.6 Å². The number of rotatable bonds is 8. The molecule has 10 nitrogen and oxygen atoms in total. The van der Waals surface area contributed by atoms with Crippen LogP contribution >= 0.6 is 11.6 Å². The molecule has 4 rings (SSSR count). The highest BCUT2D eigenvalue weighted by Crippen LogP contribution is 2.47. The van der Waals surface area contributed by atoms with Crippen molar-refractivity contribution < 1.29 is 33.8 Å². The van der Waals surface area contributed by atoms with Crippen molar-refractivity contribution >= 4 is 41.4 Å². The quantitative estimate of drug-likeness (QED) is 0.287. The number of carboxylic acids is 1. The first-order valence-electron chi connectivity index (χ1n) is 13.3. The zero-order valence-electron chi connectivity index (χ0n) is 23.6. The number of anilines is 1. The summed E-state index contributed by atoms with van der Waals surface area (Å²) in [5.41, 5.74) is 2.42. The average molecular weight is 594 g/mol. The highest BCUT2D eigenvalue weighted by atomic mass is 35.5. The van der Waals surface area contributed by atoms with Crippen LogP contribution in [0.5, 0.6) is 0 Å². The van der Waals surface area contributed by atoms with E-state index in [4.69, 9.17) is 21.1 Å². The predicted octanol–water partition coefficient (Wildman–Crippen LogP) is 6.10. The third-order valence-corrected chi connectivity index (χ3v) is 6.89. The van der Waals surface area contributed by atoms with Crippen LogP contribution in [0.15, 0.2) is 66.7 Å². The van der Waals surface area contributed by atoms with E-state index < -0.39 is 41.7 Å². The molecule has 11 heteroatoms. The van der Waals surface area contributed by atoms with E-state index in [-0.39, 0.29) is 29.2 Å². The van der Waals surface area contributed by atoms with Gasteiger partial charge < -0.3 is 25.2 Å². The standard InChI is InChI=1S/C31H32ClN3O7/c1-31(2,3)42-29(39)33-16-15-25(27(36)34-24-17-18(32)13-14-23(24)28(37)38)35(30(40)41-4)26-21-11-7-5-9-19(21)20-10-6-8-12-22(20)26/h5-14,17,25-26H,15-16H2,1-4H3,(H,33,39)(H,34,36)(H,37,38). The summed E-state index contributed by atoms with van der Waals surface area (Å²) in [6.07, 6.45) is -1.52. The largest absolute Gasteiger partial charge is 0.478 e. The van der Waals surface area contributed by atoms with Crippen molar-refractivity contribution in [3.05, 3.63) is 88.4 Å². The van der Waals surface area contributed by atoms with Gasteiger partial charge in [-0.1, -0.05) is 60.1 Å². The number of halogens is 1. The molecule has 1 aliphatic rings. The lowest BCUT2D eigenvalue weighted by Crippen LogP contribution is -2.50. The molecule has 220 valence electrons. The second-order valence-corrected chi connectivity index (χ2v) is 11.1. The number of nitrogens with one attached hydrogen (secondary N) is 2. The van der Waals surface area contributed by atoms with Crippen LogP contribution in [0.3, 0.4) is 0 Å². The summed E-state index contributed by atoms with van der Waals surface area (Å²) in [7, 11) is 1.22. The number of carbonyl (C=O) groups excluding carboxylic acids is 3. The van der Waals surface area contributed by atoms with Gasteiger partial charge in [0, 0.05) is 11.6 Å². The number of carbonyl (C=O) groups is 4. The zero-order chi connectivity index (χ0) is 30.6. The van der Waals surface area contributed by atoms with E-state index in [2.05, 4.69) is 10.6 Å². The summed E-state index contributed by atoms with van der Waals surface area (Å²) >= 11 is 6.12. The Morgan fingerprint density at radius 3 is 2.12 bits per heavy atom. The molecule has 3 aromatic carbocycles. The highest BCUT2D eigenvalue weighted by Gasteiger charge is 2.42. The summed E-state index contributed by atoms with van der Waals surface area (Å²) < 4.78 is 10.5. The van der Waals surface area contributed by atoms with Crippen molar-refractivity contribution in [3.8, 4) is 11.1 Å². The van der Waals surface area contributed by atoms with Gasteiger partial charge in [0.05, 0.1) is 24.4 Å². The Hall–Kier alpha value is -4.57. The van der Waals surface area contributed by atoms with Gasteiger partial charge >= 0.3 is 18.2 Å². The Bertz CT molecular complexity index is 1470. The van der Waals surface area contributed by atoms with Crippen LogP contribution in [0.2, 0.25) is 5.02 Å². The molecule has 0 saturated carbocycles. The maximum absolute atomic E-state index is 14.0. The number of hydrogen-bond acceptors (Lipinski definition) is 6. The lowest BCUT2D eigenvalue weighted by molar-refractivity contribution is -0.121. The van der Waals surface area contributed by atoms with Gasteiger partial charge in [0.25, 0.3) is 0 Å². The number of benzene rings is 3. The topological polar surface area (TPSA) is 134 Å². The van der Waals surface area contributed by atoms with Crippen LogP contribution in [-0.2, 0) is 14.3 Å². The fourth-order valence-corrected chi connectivity index (χ4v) is 5.16. The summed E-state index contributed by atoms with van der Waals surface area (Å²) in [4.78, 5) is 53.1. The Kier molecular flexibility index (Phi) is 9.06. The molecule has 0 fully saturated rings. The number of aromatic carboxylic acids is 1. The smallest absolute Gasteiger partial charge is 0.410 e. The molecule has 0 spiro atoms. The first kappa shape index (κ1) is 30.4. The highest BCUT2D eigenvalue weighted by molar-refractivity contribution is 6.31. The summed E-state index contributed by atoms with van der Waals surface area (Å²) in [5, 5.41) is 15.2. The number of carboxylic acid groups (broad SMARTS) is 1. The van der Waals surface area contributed by atoms with Crippen LogP contribution in [0.4, 0.5) is 15.3 Å². The van der Waals surface area contributed by atoms with Gasteiger partial charge in [-0.3, -0.25) is 9.69 Å². The van der Waals surface area contributed by atoms with Crippen molar-refractivity contribution in [2.24, 2.45) is 0 Å². The van der Waals surface area contributed by atoms with Crippen LogP contribution < -0.4 is 10.6 Å². The molecule has 0 bridgehead atoms. The van der Waals surface area contributed by atoms with Crippen molar-refractivity contribution in [1.29, 1.82) is 0 Å². The van der Waals surface area contributed by atoms with Crippen molar-refractivity contribution in [2.45, 2.75) is 44.9 Å². The minimum absolute atomic E-state index is 0.0397. The zero-order valence-corrected chi connectivity index (χ0v) is 24.4. The van der Waals surface area contributed by atoms with E-state index in [0.29, 0.717) is 0 Å². The third kappa shape index (κ3) is 6.66. The molecule has 0 heterocycles. The molecule has 1 atom stereocenters. The van der Waals surface area contributed by atoms with E-state index in [1.807, 2.05) is 48.5 Å². The molecule has 3 aromatic rings. The van der Waals surface area contributed by atoms with Crippen LogP contribution in [0.1, 0.15) is 54.7 Å². The molecule has 0 radical (unpaired) electrons. The van der Waals surface area contributed by atoms with Crippen LogP contribution in [0, 0.1) is 0 Å². The molecule has 0 aromatic heterocycles. The lowest BCUT2D eigenvalue weighted by Gasteiger charge is -2.35. The minimum atomic E-state index is -1.27. The van der Waals surface area contributed by atoms with Gasteiger partial charge in [-0.25, -0.2) is 14.4 Å². The summed E-state index contributed by atoms with van der Waals surface area (Å²) in [6.45, 7) is 5.13. The summed E-state index contributed by atoms with van der Waals surface area (Å²) in [6, 6.07) is 17.2. The molecule has 1 aliphatic carbocycles. The maximum atomic E-state index is 14.0. The van der Waals surface area contributed by atoms with Crippen LogP contribution in [0.25, 0.3) is 11.1 Å². The monoisotopic (exact) mass is 593 g/mol. The molecule has 3 amide bonds. The number of hydrogen-bond donors (Lipinski definition) is 3. The first-order valence-corrected chi connectivity index (χ1v) is 13.6. The second-order valence-electron chi connectivity index (χ2n) is 10.7. The van der Waals surface area contributed by atoms with Crippen molar-refractivity contribution in [3.63, 3.8) is 0 Å². The average Bonchev–Trinajstić information content (AvgIpc) is 3.25. The molecular formula is C31H32ClN3O7. The number of ether oxygens (including phenoxy) is 2. The molecule has 0 aliphatic heterocycles. The van der Waals surface area contributed by atoms with E-state index >= 15 is 0 Å². The Morgan fingerprint density at radius 2 is 1.57 bits per heavy atom. The lowest BCUT2D eigenvalue weighted by atomic mass is 10.00. The fraction of sp³-hybridized carbons (Fsp3) is 0.290. The van der Waals surface area contributed by atoms with Gasteiger partial charge in [-0.2, -0.15) is 0 Å². The Labute approximate surface area is 248 Å². The number of alkyl carbamates (subject to hydrolysis) is 1. The fourth-order valence-electron chi connectivity index (χ4n) is 4.99. The van der Waals surface area contributed by atoms with E-state index in [0.717, 1.165) is 22.3 Å². The van der Waals surface area contributed by atoms with Crippen molar-refractivity contribution in [2.75, 3.05) is 19.0 Å². The number of methoxy groups -OCH3 is 1. The van der Waals surface area contributed by atoms with Gasteiger partial charge in [0.1, 0.15) is 11.6 Å². The number of nitrogens with zero attached hydrogens (tertiary/aromatic N) is 1. The molecule has 1 unspecified atom stereocenters.